The minimum atomic E-state index is -0.595. The van der Waals surface area contributed by atoms with Crippen molar-refractivity contribution in [2.45, 2.75) is 58.2 Å². The van der Waals surface area contributed by atoms with Crippen LogP contribution in [0.2, 0.25) is 0 Å². The highest BCUT2D eigenvalue weighted by Gasteiger charge is 2.65. The van der Waals surface area contributed by atoms with Crippen LogP contribution >= 0.6 is 15.9 Å². The number of carbonyl (C=O) groups is 2. The molecule has 24 heavy (non-hydrogen) atoms. The first-order valence-electron chi connectivity index (χ1n) is 7.89. The Hall–Kier alpha value is -1.70. The number of hydrogen-bond donors (Lipinski definition) is 1. The molecule has 1 N–H and O–H groups in total. The summed E-state index contributed by atoms with van der Waals surface area (Å²) in [7, 11) is 0. The van der Waals surface area contributed by atoms with Gasteiger partial charge in [-0.25, -0.2) is 9.78 Å². The third-order valence-corrected chi connectivity index (χ3v) is 4.78. The van der Waals surface area contributed by atoms with Crippen LogP contribution in [0.25, 0.3) is 0 Å². The van der Waals surface area contributed by atoms with Gasteiger partial charge in [-0.2, -0.15) is 0 Å². The lowest BCUT2D eigenvalue weighted by atomic mass is 10.0. The summed E-state index contributed by atoms with van der Waals surface area (Å²) >= 11 is 3.22. The van der Waals surface area contributed by atoms with Crippen molar-refractivity contribution >= 4 is 33.7 Å². The Kier molecular flexibility index (Phi) is 4.06. The number of carbonyl (C=O) groups excluding carboxylic acids is 2. The van der Waals surface area contributed by atoms with Crippen molar-refractivity contribution in [2.75, 3.05) is 5.32 Å². The van der Waals surface area contributed by atoms with E-state index in [1.54, 1.807) is 4.90 Å². The molecule has 1 aromatic rings. The molecular formula is C16H21BrN4O3. The molecule has 0 radical (unpaired) electrons. The fourth-order valence-electron chi connectivity index (χ4n) is 3.19. The maximum absolute atomic E-state index is 12.7. The number of fused-ring (bicyclic) bond motifs is 1. The molecule has 1 saturated carbocycles. The first-order valence-corrected chi connectivity index (χ1v) is 8.68. The summed E-state index contributed by atoms with van der Waals surface area (Å²) in [5.74, 6) is 0.0888. The Balaban J connectivity index is 1.75. The van der Waals surface area contributed by atoms with Crippen LogP contribution in [0.15, 0.2) is 17.0 Å². The van der Waals surface area contributed by atoms with Gasteiger partial charge in [0, 0.05) is 6.04 Å². The summed E-state index contributed by atoms with van der Waals surface area (Å²) < 4.78 is 6.02. The van der Waals surface area contributed by atoms with Crippen molar-refractivity contribution in [1.82, 2.24) is 14.9 Å². The maximum Gasteiger partial charge on any atom is 0.411 e. The van der Waals surface area contributed by atoms with Crippen molar-refractivity contribution in [3.8, 4) is 0 Å². The number of anilines is 1. The zero-order valence-electron chi connectivity index (χ0n) is 14.2. The molecule has 2 amide bonds. The summed E-state index contributed by atoms with van der Waals surface area (Å²) in [5, 5.41) is 2.74. The van der Waals surface area contributed by atoms with Gasteiger partial charge in [-0.3, -0.25) is 14.7 Å². The molecule has 0 bridgehead atoms. The average molecular weight is 397 g/mol. The third-order valence-electron chi connectivity index (χ3n) is 4.40. The topological polar surface area (TPSA) is 84.4 Å². The van der Waals surface area contributed by atoms with E-state index in [4.69, 9.17) is 4.74 Å². The van der Waals surface area contributed by atoms with E-state index in [1.165, 1.54) is 12.4 Å². The number of likely N-dealkylation sites (tertiary alicyclic amines) is 1. The molecule has 1 aliphatic heterocycles. The first-order chi connectivity index (χ1) is 11.1. The van der Waals surface area contributed by atoms with Crippen molar-refractivity contribution in [3.05, 3.63) is 17.0 Å². The number of amides is 2. The normalized spacial score (nSPS) is 28.3. The highest BCUT2D eigenvalue weighted by atomic mass is 79.9. The van der Waals surface area contributed by atoms with Gasteiger partial charge in [-0.15, -0.1) is 0 Å². The fourth-order valence-corrected chi connectivity index (χ4v) is 3.50. The Morgan fingerprint density at radius 3 is 2.71 bits per heavy atom. The van der Waals surface area contributed by atoms with Crippen LogP contribution in [-0.4, -0.2) is 44.6 Å². The molecule has 1 saturated heterocycles. The van der Waals surface area contributed by atoms with Gasteiger partial charge in [0.05, 0.1) is 12.4 Å². The molecule has 1 aromatic heterocycles. The molecule has 7 nitrogen and oxygen atoms in total. The molecule has 0 spiro atoms. The van der Waals surface area contributed by atoms with E-state index in [0.717, 1.165) is 6.42 Å². The lowest BCUT2D eigenvalue weighted by Crippen LogP contribution is -2.47. The monoisotopic (exact) mass is 396 g/mol. The number of halogens is 1. The quantitative estimate of drug-likeness (QED) is 0.830. The minimum absolute atomic E-state index is 0.00185. The van der Waals surface area contributed by atoms with Crippen LogP contribution in [0.4, 0.5) is 10.6 Å². The standard InChI is InChI=1S/C16H21BrN4O3/c1-15(2,3)24-14(23)21-9(5-16(4)6-10(16)21)13(22)20-12-8-18-7-11(17)19-12/h7-10H,5-6H2,1-4H3,(H,19,20,22)/t9-,10+,16-/m0/s1. The van der Waals surface area contributed by atoms with E-state index in [0.29, 0.717) is 16.8 Å². The van der Waals surface area contributed by atoms with Crippen LogP contribution in [-0.2, 0) is 9.53 Å². The van der Waals surface area contributed by atoms with E-state index in [1.807, 2.05) is 20.8 Å². The first kappa shape index (κ1) is 17.1. The average Bonchev–Trinajstić information content (AvgIpc) is 2.98. The number of ether oxygens (including phenoxy) is 1. The van der Waals surface area contributed by atoms with E-state index in [2.05, 4.69) is 38.1 Å². The lowest BCUT2D eigenvalue weighted by Gasteiger charge is -2.29. The van der Waals surface area contributed by atoms with Gasteiger partial charge >= 0.3 is 6.09 Å². The second-order valence-corrected chi connectivity index (χ2v) is 8.51. The van der Waals surface area contributed by atoms with Crippen molar-refractivity contribution in [2.24, 2.45) is 5.41 Å². The number of nitrogens with one attached hydrogen (secondary N) is 1. The molecule has 2 heterocycles. The van der Waals surface area contributed by atoms with Crippen molar-refractivity contribution < 1.29 is 14.3 Å². The molecule has 3 atom stereocenters. The van der Waals surface area contributed by atoms with Crippen LogP contribution in [0, 0.1) is 5.41 Å². The summed E-state index contributed by atoms with van der Waals surface area (Å²) in [6.07, 6.45) is 4.11. The number of nitrogens with zero attached hydrogens (tertiary/aromatic N) is 3. The summed E-state index contributed by atoms with van der Waals surface area (Å²) in [4.78, 5) is 34.9. The number of hydrogen-bond acceptors (Lipinski definition) is 5. The molecule has 3 rings (SSSR count). The Bertz CT molecular complexity index is 690. The largest absolute Gasteiger partial charge is 0.444 e. The van der Waals surface area contributed by atoms with Crippen LogP contribution < -0.4 is 5.32 Å². The molecule has 130 valence electrons. The second-order valence-electron chi connectivity index (χ2n) is 7.70. The fraction of sp³-hybridized carbons (Fsp3) is 0.625. The second kappa shape index (κ2) is 5.68. The zero-order chi connectivity index (χ0) is 17.7. The van der Waals surface area contributed by atoms with Crippen molar-refractivity contribution in [1.29, 1.82) is 0 Å². The molecule has 2 aliphatic rings. The Morgan fingerprint density at radius 2 is 2.08 bits per heavy atom. The van der Waals surface area contributed by atoms with Crippen LogP contribution in [0.3, 0.4) is 0 Å². The van der Waals surface area contributed by atoms with Gasteiger partial charge in [-0.1, -0.05) is 6.92 Å². The predicted molar refractivity (Wildman–Crippen MR) is 91.4 cm³/mol. The molecule has 0 unspecified atom stereocenters. The molecule has 0 aromatic carbocycles. The summed E-state index contributed by atoms with van der Waals surface area (Å²) in [5.41, 5.74) is -0.594. The van der Waals surface area contributed by atoms with E-state index < -0.39 is 17.7 Å². The van der Waals surface area contributed by atoms with Gasteiger partial charge in [0.15, 0.2) is 5.82 Å². The van der Waals surface area contributed by atoms with Gasteiger partial charge in [0.2, 0.25) is 5.91 Å². The minimum Gasteiger partial charge on any atom is -0.444 e. The smallest absolute Gasteiger partial charge is 0.411 e. The number of aromatic nitrogens is 2. The SMILES string of the molecule is CC(C)(C)OC(=O)N1[C@H](C(=O)Nc2cncc(Br)n2)C[C@@]2(C)C[C@@H]12. The van der Waals surface area contributed by atoms with Crippen LogP contribution in [0.1, 0.15) is 40.5 Å². The third kappa shape index (κ3) is 3.38. The molecule has 8 heteroatoms. The van der Waals surface area contributed by atoms with Gasteiger partial charge < -0.3 is 10.1 Å². The highest BCUT2D eigenvalue weighted by molar-refractivity contribution is 9.10. The maximum atomic E-state index is 12.7. The molecule has 1 aliphatic carbocycles. The van der Waals surface area contributed by atoms with Crippen LogP contribution in [0.5, 0.6) is 0 Å². The zero-order valence-corrected chi connectivity index (χ0v) is 15.8. The summed E-state index contributed by atoms with van der Waals surface area (Å²) in [6.45, 7) is 7.55. The van der Waals surface area contributed by atoms with Crippen molar-refractivity contribution in [3.63, 3.8) is 0 Å². The molecular weight excluding hydrogens is 376 g/mol. The summed E-state index contributed by atoms with van der Waals surface area (Å²) in [6, 6.07) is -0.485. The van der Waals surface area contributed by atoms with E-state index in [-0.39, 0.29) is 17.4 Å². The van der Waals surface area contributed by atoms with E-state index in [9.17, 15) is 9.59 Å². The van der Waals surface area contributed by atoms with E-state index >= 15 is 0 Å². The number of rotatable bonds is 2. The van der Waals surface area contributed by atoms with Gasteiger partial charge in [-0.05, 0) is 55.0 Å². The predicted octanol–water partition coefficient (Wildman–Crippen LogP) is 2.97. The highest BCUT2D eigenvalue weighted by Crippen LogP contribution is 2.59. The molecule has 2 fully saturated rings. The Morgan fingerprint density at radius 1 is 1.38 bits per heavy atom. The number of piperidine rings is 1. The van der Waals surface area contributed by atoms with Gasteiger partial charge in [0.1, 0.15) is 16.2 Å². The lowest BCUT2D eigenvalue weighted by molar-refractivity contribution is -0.121. The Labute approximate surface area is 149 Å². The van der Waals surface area contributed by atoms with Gasteiger partial charge in [0.25, 0.3) is 0 Å².